The van der Waals surface area contributed by atoms with Crippen LogP contribution in [0.1, 0.15) is 12.5 Å². The van der Waals surface area contributed by atoms with Gasteiger partial charge in [-0.05, 0) is 44.8 Å². The van der Waals surface area contributed by atoms with Gasteiger partial charge in [0.05, 0.1) is 22.0 Å². The number of ether oxygens (including phenoxy) is 1. The maximum atomic E-state index is 13.6. The molecule has 6 heteroatoms. The highest BCUT2D eigenvalue weighted by Crippen LogP contribution is 2.31. The lowest BCUT2D eigenvalue weighted by Crippen LogP contribution is -2.09. The smallest absolute Gasteiger partial charge is 0.310 e. The number of carbonyl (C=O) groups is 1. The molecule has 0 unspecified atom stereocenters. The van der Waals surface area contributed by atoms with Crippen molar-refractivity contribution >= 4 is 37.8 Å². The summed E-state index contributed by atoms with van der Waals surface area (Å²) in [6, 6.07) is 0.973. The van der Waals surface area contributed by atoms with Gasteiger partial charge < -0.3 is 4.74 Å². The van der Waals surface area contributed by atoms with Crippen molar-refractivity contribution < 1.29 is 18.3 Å². The average Bonchev–Trinajstić information content (AvgIpc) is 2.23. The van der Waals surface area contributed by atoms with Crippen molar-refractivity contribution in [1.29, 1.82) is 0 Å². The zero-order valence-electron chi connectivity index (χ0n) is 8.32. The summed E-state index contributed by atoms with van der Waals surface area (Å²) in [5.41, 5.74) is -0.0361. The summed E-state index contributed by atoms with van der Waals surface area (Å²) in [5, 5.41) is 0. The van der Waals surface area contributed by atoms with Crippen molar-refractivity contribution in [2.75, 3.05) is 6.61 Å². The van der Waals surface area contributed by atoms with Gasteiger partial charge in [0.15, 0.2) is 0 Å². The van der Waals surface area contributed by atoms with Crippen molar-refractivity contribution in [1.82, 2.24) is 0 Å². The largest absolute Gasteiger partial charge is 0.466 e. The van der Waals surface area contributed by atoms with Crippen LogP contribution < -0.4 is 0 Å². The van der Waals surface area contributed by atoms with Gasteiger partial charge in [-0.25, -0.2) is 8.78 Å². The summed E-state index contributed by atoms with van der Waals surface area (Å²) in [6.07, 6.45) is -0.289. The molecule has 0 spiro atoms. The Morgan fingerprint density at radius 1 is 1.38 bits per heavy atom. The van der Waals surface area contributed by atoms with Crippen molar-refractivity contribution in [2.45, 2.75) is 13.3 Å². The molecule has 1 aromatic carbocycles. The first-order valence-corrected chi connectivity index (χ1v) is 6.03. The highest BCUT2D eigenvalue weighted by Gasteiger charge is 2.17. The minimum absolute atomic E-state index is 0.00221. The fourth-order valence-corrected chi connectivity index (χ4v) is 1.85. The lowest BCUT2D eigenvalue weighted by atomic mass is 10.1. The van der Waals surface area contributed by atoms with E-state index < -0.39 is 17.6 Å². The molecule has 0 aliphatic rings. The van der Waals surface area contributed by atoms with Crippen molar-refractivity contribution in [3.05, 3.63) is 32.2 Å². The van der Waals surface area contributed by atoms with Crippen LogP contribution in [0.15, 0.2) is 15.0 Å². The predicted octanol–water partition coefficient (Wildman–Crippen LogP) is 3.60. The van der Waals surface area contributed by atoms with Crippen LogP contribution in [0.3, 0.4) is 0 Å². The van der Waals surface area contributed by atoms with Gasteiger partial charge in [0, 0.05) is 5.56 Å². The Kier molecular flexibility index (Phi) is 4.86. The van der Waals surface area contributed by atoms with Gasteiger partial charge >= 0.3 is 5.97 Å². The number of halogens is 4. The molecular weight excluding hydrogens is 350 g/mol. The normalized spacial score (nSPS) is 10.3. The standard InChI is InChI=1S/C10H8Br2F2O2/c1-2-16-7(15)4-5-3-6(13)8(11)9(12)10(5)14/h3H,2,4H2,1H3. The van der Waals surface area contributed by atoms with Crippen LogP contribution in [-0.4, -0.2) is 12.6 Å². The molecule has 0 heterocycles. The molecule has 16 heavy (non-hydrogen) atoms. The van der Waals surface area contributed by atoms with Crippen LogP contribution in [-0.2, 0) is 16.0 Å². The van der Waals surface area contributed by atoms with Crippen molar-refractivity contribution in [2.24, 2.45) is 0 Å². The SMILES string of the molecule is CCOC(=O)Cc1cc(F)c(Br)c(Br)c1F. The molecule has 0 aliphatic heterocycles. The molecule has 0 fully saturated rings. The molecular formula is C10H8Br2F2O2. The van der Waals surface area contributed by atoms with E-state index in [-0.39, 0.29) is 27.5 Å². The summed E-state index contributed by atoms with van der Waals surface area (Å²) in [4.78, 5) is 11.1. The van der Waals surface area contributed by atoms with Crippen LogP contribution >= 0.6 is 31.9 Å². The maximum absolute atomic E-state index is 13.6. The summed E-state index contributed by atoms with van der Waals surface area (Å²) >= 11 is 5.78. The summed E-state index contributed by atoms with van der Waals surface area (Å²) in [6.45, 7) is 1.85. The van der Waals surface area contributed by atoms with Gasteiger partial charge in [0.25, 0.3) is 0 Å². The monoisotopic (exact) mass is 356 g/mol. The average molecular weight is 358 g/mol. The Morgan fingerprint density at radius 2 is 2.00 bits per heavy atom. The molecule has 0 radical (unpaired) electrons. The molecule has 1 aromatic rings. The van der Waals surface area contributed by atoms with E-state index in [1.165, 1.54) is 0 Å². The third kappa shape index (κ3) is 3.01. The Bertz CT molecular complexity index is 422. The summed E-state index contributed by atoms with van der Waals surface area (Å²) in [5.74, 6) is -1.89. The molecule has 1 rings (SSSR count). The lowest BCUT2D eigenvalue weighted by molar-refractivity contribution is -0.142. The highest BCUT2D eigenvalue weighted by molar-refractivity contribution is 9.13. The number of rotatable bonds is 3. The van der Waals surface area contributed by atoms with Crippen molar-refractivity contribution in [3.8, 4) is 0 Å². The quantitative estimate of drug-likeness (QED) is 0.469. The zero-order valence-corrected chi connectivity index (χ0v) is 11.5. The van der Waals surface area contributed by atoms with Gasteiger partial charge in [0.2, 0.25) is 0 Å². The Morgan fingerprint density at radius 3 is 2.56 bits per heavy atom. The van der Waals surface area contributed by atoms with Crippen molar-refractivity contribution in [3.63, 3.8) is 0 Å². The molecule has 0 saturated carbocycles. The molecule has 0 amide bonds. The van der Waals surface area contributed by atoms with Gasteiger partial charge in [-0.1, -0.05) is 0 Å². The third-order valence-electron chi connectivity index (χ3n) is 1.82. The van der Waals surface area contributed by atoms with Crippen LogP contribution in [0, 0.1) is 11.6 Å². The van der Waals surface area contributed by atoms with E-state index >= 15 is 0 Å². The van der Waals surface area contributed by atoms with Gasteiger partial charge in [-0.2, -0.15) is 0 Å². The lowest BCUT2D eigenvalue weighted by Gasteiger charge is -2.07. The second-order valence-corrected chi connectivity index (χ2v) is 4.53. The number of hydrogen-bond acceptors (Lipinski definition) is 2. The first kappa shape index (κ1) is 13.6. The molecule has 2 nitrogen and oxygen atoms in total. The van der Waals surface area contributed by atoms with Crippen LogP contribution in [0.5, 0.6) is 0 Å². The van der Waals surface area contributed by atoms with Gasteiger partial charge in [-0.3, -0.25) is 4.79 Å². The van der Waals surface area contributed by atoms with E-state index in [9.17, 15) is 13.6 Å². The first-order chi connectivity index (χ1) is 7.47. The molecule has 0 bridgehead atoms. The van der Waals surface area contributed by atoms with Crippen LogP contribution in [0.2, 0.25) is 0 Å². The summed E-state index contributed by atoms with van der Waals surface area (Å²) in [7, 11) is 0. The van der Waals surface area contributed by atoms with E-state index in [0.29, 0.717) is 0 Å². The number of esters is 1. The van der Waals surface area contributed by atoms with E-state index in [1.807, 2.05) is 0 Å². The van der Waals surface area contributed by atoms with Gasteiger partial charge in [-0.15, -0.1) is 0 Å². The van der Waals surface area contributed by atoms with E-state index in [0.717, 1.165) is 6.07 Å². The van der Waals surface area contributed by atoms with E-state index in [1.54, 1.807) is 6.92 Å². The van der Waals surface area contributed by atoms with Gasteiger partial charge in [0.1, 0.15) is 11.6 Å². The first-order valence-electron chi connectivity index (χ1n) is 4.44. The molecule has 0 atom stereocenters. The van der Waals surface area contributed by atoms with E-state index in [4.69, 9.17) is 0 Å². The predicted molar refractivity (Wildman–Crippen MR) is 62.1 cm³/mol. The second-order valence-electron chi connectivity index (χ2n) is 2.94. The highest BCUT2D eigenvalue weighted by atomic mass is 79.9. The minimum atomic E-state index is -0.665. The topological polar surface area (TPSA) is 26.3 Å². The molecule has 0 aromatic heterocycles. The number of carbonyl (C=O) groups excluding carboxylic acids is 1. The fraction of sp³-hybridized carbons (Fsp3) is 0.300. The Balaban J connectivity index is 3.02. The van der Waals surface area contributed by atoms with Crippen LogP contribution in [0.25, 0.3) is 0 Å². The van der Waals surface area contributed by atoms with Crippen LogP contribution in [0.4, 0.5) is 8.78 Å². The fourth-order valence-electron chi connectivity index (χ4n) is 1.12. The molecule has 0 N–H and O–H groups in total. The zero-order chi connectivity index (χ0) is 12.3. The van der Waals surface area contributed by atoms with E-state index in [2.05, 4.69) is 36.6 Å². The Hall–Kier alpha value is -0.490. The Labute approximate surface area is 108 Å². The summed E-state index contributed by atoms with van der Waals surface area (Å²) < 4.78 is 31.5. The third-order valence-corrected chi connectivity index (χ3v) is 3.87. The minimum Gasteiger partial charge on any atom is -0.466 e. The maximum Gasteiger partial charge on any atom is 0.310 e. The number of benzene rings is 1. The number of hydrogen-bond donors (Lipinski definition) is 0. The molecule has 0 aliphatic carbocycles. The second kappa shape index (κ2) is 5.72. The molecule has 0 saturated heterocycles. The molecule has 88 valence electrons.